The monoisotopic (exact) mass is 212 g/mol. The second kappa shape index (κ2) is 6.83. The van der Waals surface area contributed by atoms with Crippen LogP contribution in [-0.2, 0) is 4.79 Å². The SMILES string of the molecule is CCCC(C)NCC(=O)NC1CCCC1. The molecule has 1 aliphatic carbocycles. The van der Waals surface area contributed by atoms with Crippen molar-refractivity contribution in [3.05, 3.63) is 0 Å². The number of carbonyl (C=O) groups is 1. The lowest BCUT2D eigenvalue weighted by Crippen LogP contribution is -2.41. The Morgan fingerprint density at radius 3 is 2.67 bits per heavy atom. The van der Waals surface area contributed by atoms with Crippen molar-refractivity contribution in [2.24, 2.45) is 0 Å². The van der Waals surface area contributed by atoms with Crippen LogP contribution in [0, 0.1) is 0 Å². The van der Waals surface area contributed by atoms with E-state index in [-0.39, 0.29) is 5.91 Å². The largest absolute Gasteiger partial charge is 0.352 e. The molecule has 1 rings (SSSR count). The molecule has 88 valence electrons. The van der Waals surface area contributed by atoms with Gasteiger partial charge < -0.3 is 10.6 Å². The van der Waals surface area contributed by atoms with E-state index in [9.17, 15) is 4.79 Å². The molecule has 0 bridgehead atoms. The minimum absolute atomic E-state index is 0.157. The van der Waals surface area contributed by atoms with Crippen molar-refractivity contribution in [1.82, 2.24) is 10.6 Å². The van der Waals surface area contributed by atoms with Crippen LogP contribution in [0.25, 0.3) is 0 Å². The third-order valence-corrected chi connectivity index (χ3v) is 3.05. The van der Waals surface area contributed by atoms with Crippen LogP contribution in [0.1, 0.15) is 52.4 Å². The van der Waals surface area contributed by atoms with Crippen LogP contribution in [0.2, 0.25) is 0 Å². The normalized spacial score (nSPS) is 19.1. The van der Waals surface area contributed by atoms with E-state index in [2.05, 4.69) is 24.5 Å². The lowest BCUT2D eigenvalue weighted by molar-refractivity contribution is -0.121. The lowest BCUT2D eigenvalue weighted by Gasteiger charge is -2.15. The van der Waals surface area contributed by atoms with Gasteiger partial charge in [-0.1, -0.05) is 26.2 Å². The fraction of sp³-hybridized carbons (Fsp3) is 0.917. The summed E-state index contributed by atoms with van der Waals surface area (Å²) in [4.78, 5) is 11.5. The maximum atomic E-state index is 11.5. The predicted octanol–water partition coefficient (Wildman–Crippen LogP) is 1.82. The van der Waals surface area contributed by atoms with Crippen LogP contribution < -0.4 is 10.6 Å². The lowest BCUT2D eigenvalue weighted by atomic mass is 10.2. The summed E-state index contributed by atoms with van der Waals surface area (Å²) >= 11 is 0. The molecule has 15 heavy (non-hydrogen) atoms. The van der Waals surface area contributed by atoms with Crippen LogP contribution >= 0.6 is 0 Å². The summed E-state index contributed by atoms with van der Waals surface area (Å²) in [6.07, 6.45) is 7.16. The van der Waals surface area contributed by atoms with Gasteiger partial charge in [0, 0.05) is 12.1 Å². The van der Waals surface area contributed by atoms with E-state index in [0.29, 0.717) is 18.6 Å². The average molecular weight is 212 g/mol. The molecule has 1 unspecified atom stereocenters. The quantitative estimate of drug-likeness (QED) is 0.705. The van der Waals surface area contributed by atoms with E-state index < -0.39 is 0 Å². The summed E-state index contributed by atoms with van der Waals surface area (Å²) in [6.45, 7) is 4.76. The van der Waals surface area contributed by atoms with Crippen molar-refractivity contribution >= 4 is 5.91 Å². The van der Waals surface area contributed by atoms with Crippen LogP contribution in [-0.4, -0.2) is 24.5 Å². The fourth-order valence-corrected chi connectivity index (χ4v) is 2.15. The third kappa shape index (κ3) is 5.17. The number of nitrogens with one attached hydrogen (secondary N) is 2. The summed E-state index contributed by atoms with van der Waals surface area (Å²) in [5.41, 5.74) is 0. The van der Waals surface area contributed by atoms with Gasteiger partial charge in [0.25, 0.3) is 0 Å². The van der Waals surface area contributed by atoms with Crippen molar-refractivity contribution in [3.8, 4) is 0 Å². The Morgan fingerprint density at radius 2 is 2.07 bits per heavy atom. The van der Waals surface area contributed by atoms with Gasteiger partial charge in [0.15, 0.2) is 0 Å². The molecule has 1 aliphatic rings. The number of carbonyl (C=O) groups excluding carboxylic acids is 1. The summed E-state index contributed by atoms with van der Waals surface area (Å²) in [6, 6.07) is 0.894. The second-order valence-electron chi connectivity index (χ2n) is 4.62. The smallest absolute Gasteiger partial charge is 0.234 e. The van der Waals surface area contributed by atoms with Crippen molar-refractivity contribution in [3.63, 3.8) is 0 Å². The van der Waals surface area contributed by atoms with Gasteiger partial charge >= 0.3 is 0 Å². The van der Waals surface area contributed by atoms with Gasteiger partial charge in [0.05, 0.1) is 6.54 Å². The van der Waals surface area contributed by atoms with E-state index in [4.69, 9.17) is 0 Å². The molecule has 0 saturated heterocycles. The molecule has 1 amide bonds. The molecule has 0 aromatic rings. The summed E-state index contributed by atoms with van der Waals surface area (Å²) < 4.78 is 0. The first-order chi connectivity index (χ1) is 7.22. The zero-order valence-electron chi connectivity index (χ0n) is 10.0. The van der Waals surface area contributed by atoms with E-state index in [0.717, 1.165) is 19.3 Å². The Hall–Kier alpha value is -0.570. The first-order valence-electron chi connectivity index (χ1n) is 6.25. The Kier molecular flexibility index (Phi) is 5.69. The number of rotatable bonds is 6. The molecule has 0 heterocycles. The molecule has 1 atom stereocenters. The van der Waals surface area contributed by atoms with Crippen LogP contribution in [0.5, 0.6) is 0 Å². The zero-order valence-corrected chi connectivity index (χ0v) is 10.0. The molecule has 2 N–H and O–H groups in total. The molecule has 0 spiro atoms. The van der Waals surface area contributed by atoms with Gasteiger partial charge in [-0.15, -0.1) is 0 Å². The van der Waals surface area contributed by atoms with Gasteiger partial charge in [-0.2, -0.15) is 0 Å². The Balaban J connectivity index is 2.07. The highest BCUT2D eigenvalue weighted by Crippen LogP contribution is 2.17. The van der Waals surface area contributed by atoms with Gasteiger partial charge in [-0.05, 0) is 26.2 Å². The zero-order chi connectivity index (χ0) is 11.1. The Labute approximate surface area is 93.0 Å². The van der Waals surface area contributed by atoms with Crippen molar-refractivity contribution < 1.29 is 4.79 Å². The molecule has 0 aliphatic heterocycles. The summed E-state index contributed by atoms with van der Waals surface area (Å²) in [5.74, 6) is 0.157. The first-order valence-corrected chi connectivity index (χ1v) is 6.25. The average Bonchev–Trinajstić information content (AvgIpc) is 2.68. The molecule has 0 radical (unpaired) electrons. The highest BCUT2D eigenvalue weighted by atomic mass is 16.1. The van der Waals surface area contributed by atoms with E-state index >= 15 is 0 Å². The van der Waals surface area contributed by atoms with Gasteiger partial charge in [0.2, 0.25) is 5.91 Å². The highest BCUT2D eigenvalue weighted by Gasteiger charge is 2.16. The van der Waals surface area contributed by atoms with Crippen molar-refractivity contribution in [2.75, 3.05) is 6.54 Å². The minimum atomic E-state index is 0.157. The Bertz CT molecular complexity index is 188. The number of hydrogen-bond donors (Lipinski definition) is 2. The summed E-state index contributed by atoms with van der Waals surface area (Å²) in [7, 11) is 0. The molecule has 3 heteroatoms. The van der Waals surface area contributed by atoms with E-state index in [1.165, 1.54) is 19.3 Å². The molecule has 1 saturated carbocycles. The fourth-order valence-electron chi connectivity index (χ4n) is 2.15. The maximum absolute atomic E-state index is 11.5. The molecule has 1 fully saturated rings. The molecular formula is C12H24N2O. The minimum Gasteiger partial charge on any atom is -0.352 e. The Morgan fingerprint density at radius 1 is 1.40 bits per heavy atom. The maximum Gasteiger partial charge on any atom is 0.234 e. The number of amides is 1. The van der Waals surface area contributed by atoms with E-state index in [1.807, 2.05) is 0 Å². The first kappa shape index (κ1) is 12.5. The molecular weight excluding hydrogens is 188 g/mol. The summed E-state index contributed by atoms with van der Waals surface area (Å²) in [5, 5.41) is 6.32. The molecule has 0 aromatic carbocycles. The highest BCUT2D eigenvalue weighted by molar-refractivity contribution is 5.78. The second-order valence-corrected chi connectivity index (χ2v) is 4.62. The van der Waals surface area contributed by atoms with Crippen molar-refractivity contribution in [1.29, 1.82) is 0 Å². The molecule has 0 aromatic heterocycles. The topological polar surface area (TPSA) is 41.1 Å². The van der Waals surface area contributed by atoms with E-state index in [1.54, 1.807) is 0 Å². The predicted molar refractivity (Wildman–Crippen MR) is 62.8 cm³/mol. The van der Waals surface area contributed by atoms with Crippen LogP contribution in [0.3, 0.4) is 0 Å². The van der Waals surface area contributed by atoms with Crippen molar-refractivity contribution in [2.45, 2.75) is 64.5 Å². The number of hydrogen-bond acceptors (Lipinski definition) is 2. The van der Waals surface area contributed by atoms with Crippen LogP contribution in [0.4, 0.5) is 0 Å². The van der Waals surface area contributed by atoms with Gasteiger partial charge in [0.1, 0.15) is 0 Å². The standard InChI is InChI=1S/C12H24N2O/c1-3-6-10(2)13-9-12(15)14-11-7-4-5-8-11/h10-11,13H,3-9H2,1-2H3,(H,14,15). The van der Waals surface area contributed by atoms with Gasteiger partial charge in [-0.3, -0.25) is 4.79 Å². The van der Waals surface area contributed by atoms with Gasteiger partial charge in [-0.25, -0.2) is 0 Å². The third-order valence-electron chi connectivity index (χ3n) is 3.05. The van der Waals surface area contributed by atoms with Crippen LogP contribution in [0.15, 0.2) is 0 Å². The molecule has 3 nitrogen and oxygen atoms in total.